The molecule has 10 aromatic carbocycles. The summed E-state index contributed by atoms with van der Waals surface area (Å²) in [6.45, 7) is 20.9. The van der Waals surface area contributed by atoms with E-state index in [0.29, 0.717) is 6.54 Å². The fourth-order valence-corrected chi connectivity index (χ4v) is 10.6. The first-order valence-corrected chi connectivity index (χ1v) is 27.7. The van der Waals surface area contributed by atoms with Crippen molar-refractivity contribution in [3.05, 3.63) is 340 Å². The summed E-state index contributed by atoms with van der Waals surface area (Å²) < 4.78 is 2.43. The zero-order valence-corrected chi connectivity index (χ0v) is 46.4. The lowest BCUT2D eigenvalue weighted by atomic mass is 9.93. The molecule has 3 heteroatoms. The van der Waals surface area contributed by atoms with Gasteiger partial charge in [0.25, 0.3) is 0 Å². The highest BCUT2D eigenvalue weighted by Crippen LogP contribution is 2.42. The number of allylic oxidation sites excluding steroid dienone is 9. The average molecular weight is 1050 g/mol. The van der Waals surface area contributed by atoms with Crippen LogP contribution in [0.2, 0.25) is 0 Å². The van der Waals surface area contributed by atoms with Gasteiger partial charge < -0.3 is 14.4 Å². The zero-order valence-electron chi connectivity index (χ0n) is 46.4. The molecule has 0 saturated heterocycles. The maximum absolute atomic E-state index is 4.64. The zero-order chi connectivity index (χ0) is 55.9. The van der Waals surface area contributed by atoms with E-state index in [0.717, 1.165) is 85.0 Å². The van der Waals surface area contributed by atoms with Crippen LogP contribution in [-0.2, 0) is 0 Å². The molecule has 0 fully saturated rings. The van der Waals surface area contributed by atoms with Crippen molar-refractivity contribution in [1.82, 2.24) is 4.57 Å². The molecule has 0 N–H and O–H groups in total. The number of hydrogen-bond donors (Lipinski definition) is 0. The quantitative estimate of drug-likeness (QED) is 0.0945. The number of rotatable bonds is 11. The van der Waals surface area contributed by atoms with E-state index in [1.165, 1.54) is 38.2 Å². The number of fused-ring (bicyclic) bond motifs is 4. The Morgan fingerprint density at radius 2 is 1.01 bits per heavy atom. The summed E-state index contributed by atoms with van der Waals surface area (Å²) in [4.78, 5) is 4.79. The molecular weight excluding hydrogens is 979 g/mol. The van der Waals surface area contributed by atoms with Crippen LogP contribution in [-0.4, -0.2) is 17.7 Å². The maximum Gasteiger partial charge on any atom is 0.0547 e. The third kappa shape index (κ3) is 12.4. The van der Waals surface area contributed by atoms with Crippen molar-refractivity contribution >= 4 is 60.9 Å². The Kier molecular flexibility index (Phi) is 17.3. The van der Waals surface area contributed by atoms with Crippen LogP contribution in [0.4, 0.5) is 22.7 Å². The predicted octanol–water partition coefficient (Wildman–Crippen LogP) is 21.5. The molecule has 0 bridgehead atoms. The van der Waals surface area contributed by atoms with Crippen molar-refractivity contribution in [2.45, 2.75) is 13.8 Å². The molecule has 1 aromatic heterocycles. The van der Waals surface area contributed by atoms with Crippen LogP contribution >= 0.6 is 0 Å². The standard InChI is InChI=1S/C72H55N3.2C3H6/c1-3-20-58(45-63-51-73(64-28-13-6-14-29-64)44-19-7-8-21-52(63)2)61-46-62(60-37-43-70-69-30-17-18-31-71(69)75(72(70)50-60)67-42-36-55-26-15-16-27-59(55)47-67)49-68(48-61)74(65-38-32-56(33-39-65)53-22-9-4-10-23-53)66-40-34-57(35-41-66)54-24-11-5-12-25-54;2*1-3-2/h3-43,45-50H,1-2,44,51H2;2*3H,1H2,2H3/b19-7-,21-8-,58-20+,63-45+;;. The van der Waals surface area contributed by atoms with Crippen LogP contribution in [0.1, 0.15) is 19.4 Å². The fourth-order valence-electron chi connectivity index (χ4n) is 10.6. The second-order valence-corrected chi connectivity index (χ2v) is 19.9. The molecule has 0 spiro atoms. The van der Waals surface area contributed by atoms with Gasteiger partial charge in [-0.1, -0.05) is 226 Å². The molecule has 11 aromatic rings. The monoisotopic (exact) mass is 1050 g/mol. The molecule has 0 saturated carbocycles. The molecule has 1 aliphatic heterocycles. The molecule has 3 nitrogen and oxygen atoms in total. The molecule has 81 heavy (non-hydrogen) atoms. The van der Waals surface area contributed by atoms with Crippen molar-refractivity contribution < 1.29 is 0 Å². The summed E-state index contributed by atoms with van der Waals surface area (Å²) in [5.41, 5.74) is 18.8. The Labute approximate surface area is 479 Å². The van der Waals surface area contributed by atoms with Gasteiger partial charge in [-0.3, -0.25) is 0 Å². The lowest BCUT2D eigenvalue weighted by molar-refractivity contribution is 0.930. The van der Waals surface area contributed by atoms with E-state index in [2.05, 4.69) is 320 Å². The molecular formula is C78H67N3. The van der Waals surface area contributed by atoms with Crippen LogP contribution in [0, 0.1) is 0 Å². The Bertz CT molecular complexity index is 4030. The summed E-state index contributed by atoms with van der Waals surface area (Å²) in [5, 5.41) is 4.86. The van der Waals surface area contributed by atoms with Crippen LogP contribution < -0.4 is 9.80 Å². The van der Waals surface area contributed by atoms with Crippen molar-refractivity contribution in [2.75, 3.05) is 22.9 Å². The molecule has 0 atom stereocenters. The van der Waals surface area contributed by atoms with E-state index in [-0.39, 0.29) is 0 Å². The molecule has 0 radical (unpaired) electrons. The first-order valence-electron chi connectivity index (χ1n) is 27.7. The molecule has 394 valence electrons. The molecule has 12 rings (SSSR count). The van der Waals surface area contributed by atoms with Crippen LogP contribution in [0.25, 0.3) is 77.2 Å². The largest absolute Gasteiger partial charge is 0.363 e. The van der Waals surface area contributed by atoms with Gasteiger partial charge in [-0.2, -0.15) is 0 Å². The number of para-hydroxylation sites is 2. The second-order valence-electron chi connectivity index (χ2n) is 19.9. The SMILES string of the molecule is C=C/C=C(\C=C1/CN(c2ccccc2)C/C=C\C=C/C1=C)c1cc(-c2ccc3c4ccccc4n(-c4ccc5ccccc5c4)c3c2)cc(N(c2ccc(-c3ccccc3)cc2)c2ccc(-c3ccccc3)cc2)c1.C=CC.C=CC. The van der Waals surface area contributed by atoms with Crippen LogP contribution in [0.5, 0.6) is 0 Å². The van der Waals surface area contributed by atoms with Crippen LogP contribution in [0.3, 0.4) is 0 Å². The van der Waals surface area contributed by atoms with Gasteiger partial charge >= 0.3 is 0 Å². The molecule has 0 amide bonds. The summed E-state index contributed by atoms with van der Waals surface area (Å²) in [6, 6.07) is 87.9. The summed E-state index contributed by atoms with van der Waals surface area (Å²) >= 11 is 0. The summed E-state index contributed by atoms with van der Waals surface area (Å²) in [6.07, 6.45) is 18.4. The third-order valence-corrected chi connectivity index (χ3v) is 14.4. The third-order valence-electron chi connectivity index (χ3n) is 14.4. The number of nitrogens with zero attached hydrogens (tertiary/aromatic N) is 3. The number of aromatic nitrogens is 1. The van der Waals surface area contributed by atoms with Crippen molar-refractivity contribution in [3.63, 3.8) is 0 Å². The van der Waals surface area contributed by atoms with Crippen molar-refractivity contribution in [3.8, 4) is 39.1 Å². The van der Waals surface area contributed by atoms with Gasteiger partial charge in [-0.25, -0.2) is 0 Å². The van der Waals surface area contributed by atoms with Gasteiger partial charge in [-0.05, 0) is 165 Å². The second kappa shape index (κ2) is 26.0. The van der Waals surface area contributed by atoms with Gasteiger partial charge in [0.1, 0.15) is 0 Å². The van der Waals surface area contributed by atoms with Crippen molar-refractivity contribution in [1.29, 1.82) is 0 Å². The molecule has 2 heterocycles. The molecule has 0 aliphatic carbocycles. The Morgan fingerprint density at radius 3 is 1.65 bits per heavy atom. The Hall–Kier alpha value is -10.2. The lowest BCUT2D eigenvalue weighted by Gasteiger charge is -2.28. The number of benzene rings is 10. The summed E-state index contributed by atoms with van der Waals surface area (Å²) in [7, 11) is 0. The minimum absolute atomic E-state index is 0.669. The highest BCUT2D eigenvalue weighted by Gasteiger charge is 2.20. The van der Waals surface area contributed by atoms with Gasteiger partial charge in [0.15, 0.2) is 0 Å². The average Bonchev–Trinajstić information content (AvgIpc) is 4.09. The Balaban J connectivity index is 0.00000118. The van der Waals surface area contributed by atoms with Crippen molar-refractivity contribution in [2.24, 2.45) is 0 Å². The van der Waals surface area contributed by atoms with Gasteiger partial charge in [0.2, 0.25) is 0 Å². The van der Waals surface area contributed by atoms with E-state index in [1.54, 1.807) is 12.2 Å². The smallest absolute Gasteiger partial charge is 0.0547 e. The number of hydrogen-bond acceptors (Lipinski definition) is 2. The molecule has 0 unspecified atom stereocenters. The van der Waals surface area contributed by atoms with E-state index in [4.69, 9.17) is 0 Å². The fraction of sp³-hybridized carbons (Fsp3) is 0.0513. The van der Waals surface area contributed by atoms with Gasteiger partial charge in [0.05, 0.1) is 11.0 Å². The summed E-state index contributed by atoms with van der Waals surface area (Å²) in [5.74, 6) is 0. The Morgan fingerprint density at radius 1 is 0.457 bits per heavy atom. The minimum atomic E-state index is 0.669. The van der Waals surface area contributed by atoms with E-state index >= 15 is 0 Å². The molecule has 1 aliphatic rings. The van der Waals surface area contributed by atoms with E-state index in [1.807, 2.05) is 19.9 Å². The van der Waals surface area contributed by atoms with Gasteiger partial charge in [0, 0.05) is 52.3 Å². The normalized spacial score (nSPS) is 13.7. The predicted molar refractivity (Wildman–Crippen MR) is 353 cm³/mol. The minimum Gasteiger partial charge on any atom is -0.363 e. The highest BCUT2D eigenvalue weighted by atomic mass is 15.1. The first-order chi connectivity index (χ1) is 39.9. The topological polar surface area (TPSA) is 11.4 Å². The van der Waals surface area contributed by atoms with E-state index < -0.39 is 0 Å². The van der Waals surface area contributed by atoms with Crippen LogP contribution in [0.15, 0.2) is 335 Å². The lowest BCUT2D eigenvalue weighted by Crippen LogP contribution is -2.26. The highest BCUT2D eigenvalue weighted by molar-refractivity contribution is 6.10. The van der Waals surface area contributed by atoms with E-state index in [9.17, 15) is 0 Å². The maximum atomic E-state index is 4.64. The first kappa shape index (κ1) is 54.1. The number of anilines is 4. The van der Waals surface area contributed by atoms with Gasteiger partial charge in [-0.15, -0.1) is 13.2 Å².